The first-order valence-electron chi connectivity index (χ1n) is 10.7. The van der Waals surface area contributed by atoms with E-state index in [1.54, 1.807) is 0 Å². The Hall–Kier alpha value is -3.11. The Labute approximate surface area is 197 Å². The van der Waals surface area contributed by atoms with E-state index in [4.69, 9.17) is 4.74 Å². The van der Waals surface area contributed by atoms with Gasteiger partial charge in [0.15, 0.2) is 0 Å². The van der Waals surface area contributed by atoms with Gasteiger partial charge in [0, 0.05) is 22.4 Å². The van der Waals surface area contributed by atoms with Gasteiger partial charge in [-0.05, 0) is 54.3 Å². The van der Waals surface area contributed by atoms with E-state index in [1.165, 1.54) is 5.56 Å². The Kier molecular flexibility index (Phi) is 6.91. The van der Waals surface area contributed by atoms with Crippen LogP contribution in [0.5, 0.6) is 0 Å². The van der Waals surface area contributed by atoms with E-state index in [-0.39, 0.29) is 12.6 Å². The van der Waals surface area contributed by atoms with E-state index in [0.717, 1.165) is 39.1 Å². The second kappa shape index (κ2) is 10.0. The van der Waals surface area contributed by atoms with Gasteiger partial charge >= 0.3 is 5.97 Å². The molecule has 1 unspecified atom stereocenters. The lowest BCUT2D eigenvalue weighted by atomic mass is 9.91. The molecule has 4 heteroatoms. The molecule has 0 N–H and O–H groups in total. The highest BCUT2D eigenvalue weighted by molar-refractivity contribution is 9.10. The van der Waals surface area contributed by atoms with Crippen molar-refractivity contribution in [2.45, 2.75) is 32.9 Å². The van der Waals surface area contributed by atoms with Crippen LogP contribution in [0.1, 0.15) is 39.6 Å². The second-order valence-corrected chi connectivity index (χ2v) is 8.90. The van der Waals surface area contributed by atoms with Crippen molar-refractivity contribution in [3.05, 3.63) is 129 Å². The lowest BCUT2D eigenvalue weighted by molar-refractivity contribution is -0.145. The number of hydrogen-bond donors (Lipinski definition) is 0. The third kappa shape index (κ3) is 5.03. The Morgan fingerprint density at radius 3 is 2.19 bits per heavy atom. The van der Waals surface area contributed by atoms with Crippen LogP contribution in [0.3, 0.4) is 0 Å². The van der Waals surface area contributed by atoms with Crippen LogP contribution in [0, 0.1) is 13.8 Å². The largest absolute Gasteiger partial charge is 0.460 e. The van der Waals surface area contributed by atoms with Gasteiger partial charge in [0.2, 0.25) is 0 Å². The number of carbonyl (C=O) groups is 1. The van der Waals surface area contributed by atoms with E-state index >= 15 is 0 Å². The maximum absolute atomic E-state index is 13.4. The Morgan fingerprint density at radius 2 is 1.53 bits per heavy atom. The van der Waals surface area contributed by atoms with Crippen molar-refractivity contribution < 1.29 is 9.53 Å². The number of benzene rings is 3. The van der Waals surface area contributed by atoms with E-state index in [2.05, 4.69) is 64.7 Å². The first-order chi connectivity index (χ1) is 15.5. The molecule has 0 aliphatic heterocycles. The predicted octanol–water partition coefficient (Wildman–Crippen LogP) is 6.79. The van der Waals surface area contributed by atoms with Crippen LogP contribution in [0.25, 0.3) is 0 Å². The number of nitrogens with zero attached hydrogens (tertiary/aromatic N) is 1. The van der Waals surface area contributed by atoms with E-state index in [1.807, 2.05) is 60.7 Å². The molecule has 4 rings (SSSR count). The summed E-state index contributed by atoms with van der Waals surface area (Å²) in [4.78, 5) is 13.4. The first kappa shape index (κ1) is 22.1. The fourth-order valence-corrected chi connectivity index (χ4v) is 4.49. The summed E-state index contributed by atoms with van der Waals surface area (Å²) in [5, 5.41) is 0. The molecule has 3 nitrogen and oxygen atoms in total. The van der Waals surface area contributed by atoms with Gasteiger partial charge < -0.3 is 9.30 Å². The zero-order valence-electron chi connectivity index (χ0n) is 18.3. The monoisotopic (exact) mass is 487 g/mol. The number of carbonyl (C=O) groups excluding carboxylic acids is 1. The van der Waals surface area contributed by atoms with Crippen molar-refractivity contribution in [2.24, 2.45) is 0 Å². The van der Waals surface area contributed by atoms with E-state index < -0.39 is 5.92 Å². The second-order valence-electron chi connectivity index (χ2n) is 7.98. The number of aryl methyl sites for hydroxylation is 1. The number of aromatic nitrogens is 1. The van der Waals surface area contributed by atoms with Gasteiger partial charge in [0.25, 0.3) is 0 Å². The quantitative estimate of drug-likeness (QED) is 0.268. The first-order valence-corrected chi connectivity index (χ1v) is 11.5. The highest BCUT2D eigenvalue weighted by Gasteiger charge is 2.28. The molecule has 1 atom stereocenters. The van der Waals surface area contributed by atoms with Crippen LogP contribution < -0.4 is 0 Å². The highest BCUT2D eigenvalue weighted by Crippen LogP contribution is 2.33. The number of hydrogen-bond acceptors (Lipinski definition) is 2. The Balaban J connectivity index is 1.68. The van der Waals surface area contributed by atoms with Gasteiger partial charge in [-0.2, -0.15) is 0 Å². The number of ether oxygens (including phenoxy) is 1. The average Bonchev–Trinajstić information content (AvgIpc) is 3.07. The molecule has 0 saturated carbocycles. The van der Waals surface area contributed by atoms with Gasteiger partial charge in [-0.1, -0.05) is 88.7 Å². The van der Waals surface area contributed by atoms with Crippen LogP contribution in [0.15, 0.2) is 95.5 Å². The van der Waals surface area contributed by atoms with Gasteiger partial charge in [0.1, 0.15) is 12.5 Å². The van der Waals surface area contributed by atoms with Gasteiger partial charge in [-0.3, -0.25) is 4.79 Å². The predicted molar refractivity (Wildman–Crippen MR) is 132 cm³/mol. The van der Waals surface area contributed by atoms with Gasteiger partial charge in [-0.15, -0.1) is 0 Å². The Bertz CT molecular complexity index is 1200. The van der Waals surface area contributed by atoms with Crippen LogP contribution in [0.4, 0.5) is 0 Å². The number of rotatable bonds is 7. The molecule has 3 aromatic carbocycles. The van der Waals surface area contributed by atoms with Crippen molar-refractivity contribution in [3.8, 4) is 0 Å². The molecule has 0 spiro atoms. The van der Waals surface area contributed by atoms with Crippen LogP contribution >= 0.6 is 15.9 Å². The van der Waals surface area contributed by atoms with Crippen molar-refractivity contribution >= 4 is 21.9 Å². The molecule has 0 radical (unpaired) electrons. The molecule has 0 aliphatic rings. The molecule has 0 bridgehead atoms. The molecule has 1 aromatic heterocycles. The van der Waals surface area contributed by atoms with Crippen molar-refractivity contribution in [2.75, 3.05) is 0 Å². The maximum Gasteiger partial charge on any atom is 0.318 e. The summed E-state index contributed by atoms with van der Waals surface area (Å²) in [7, 11) is 0. The summed E-state index contributed by atoms with van der Waals surface area (Å²) in [5.74, 6) is -0.737. The fourth-order valence-electron chi connectivity index (χ4n) is 4.07. The highest BCUT2D eigenvalue weighted by atomic mass is 79.9. The van der Waals surface area contributed by atoms with Crippen molar-refractivity contribution in [3.63, 3.8) is 0 Å². The molecule has 0 fully saturated rings. The molecule has 0 aliphatic carbocycles. The minimum absolute atomic E-state index is 0.244. The van der Waals surface area contributed by atoms with Crippen LogP contribution in [-0.2, 0) is 22.7 Å². The average molecular weight is 488 g/mol. The summed E-state index contributed by atoms with van der Waals surface area (Å²) in [6.07, 6.45) is 0. The maximum atomic E-state index is 13.4. The molecule has 4 aromatic rings. The molecule has 32 heavy (non-hydrogen) atoms. The van der Waals surface area contributed by atoms with E-state index in [0.29, 0.717) is 0 Å². The topological polar surface area (TPSA) is 31.2 Å². The molecule has 0 saturated heterocycles. The Morgan fingerprint density at radius 1 is 0.875 bits per heavy atom. The molecule has 162 valence electrons. The molecular formula is C28H26BrNO2. The van der Waals surface area contributed by atoms with Crippen molar-refractivity contribution in [1.82, 2.24) is 4.57 Å². The SMILES string of the molecule is Cc1cc(C(C(=O)OCc2ccccc2)c2cccc(Br)c2)c(C)n1Cc1ccccc1. The van der Waals surface area contributed by atoms with Crippen LogP contribution in [0.2, 0.25) is 0 Å². The summed E-state index contributed by atoms with van der Waals surface area (Å²) >= 11 is 3.55. The summed E-state index contributed by atoms with van der Waals surface area (Å²) in [6, 6.07) is 30.2. The van der Waals surface area contributed by atoms with E-state index in [9.17, 15) is 4.79 Å². The normalized spacial score (nSPS) is 11.8. The smallest absolute Gasteiger partial charge is 0.318 e. The summed E-state index contributed by atoms with van der Waals surface area (Å²) in [5.41, 5.74) is 6.30. The molecule has 0 amide bonds. The minimum Gasteiger partial charge on any atom is -0.460 e. The zero-order valence-corrected chi connectivity index (χ0v) is 19.9. The van der Waals surface area contributed by atoms with Crippen LogP contribution in [-0.4, -0.2) is 10.5 Å². The minimum atomic E-state index is -0.494. The standard InChI is InChI=1S/C28H26BrNO2/c1-20-16-26(21(2)30(20)18-22-10-5-3-6-11-22)27(24-14-9-15-25(29)17-24)28(31)32-19-23-12-7-4-8-13-23/h3-17,27H,18-19H2,1-2H3. The third-order valence-corrected chi connectivity index (χ3v) is 6.24. The van der Waals surface area contributed by atoms with Crippen molar-refractivity contribution in [1.29, 1.82) is 0 Å². The molecule has 1 heterocycles. The number of halogens is 1. The van der Waals surface area contributed by atoms with Gasteiger partial charge in [0.05, 0.1) is 0 Å². The fraction of sp³-hybridized carbons (Fsp3) is 0.179. The number of esters is 1. The third-order valence-electron chi connectivity index (χ3n) is 5.75. The molecular weight excluding hydrogens is 462 g/mol. The zero-order chi connectivity index (χ0) is 22.5. The summed E-state index contributed by atoms with van der Waals surface area (Å²) < 4.78 is 9.00. The summed E-state index contributed by atoms with van der Waals surface area (Å²) in [6.45, 7) is 5.20. The van der Waals surface area contributed by atoms with Gasteiger partial charge in [-0.25, -0.2) is 0 Å². The lowest BCUT2D eigenvalue weighted by Crippen LogP contribution is -2.18. The lowest BCUT2D eigenvalue weighted by Gasteiger charge is -2.18.